The Hall–Kier alpha value is -2.24. The first-order valence-corrected chi connectivity index (χ1v) is 10.8. The number of amides is 1. The lowest BCUT2D eigenvalue weighted by Crippen LogP contribution is -2.45. The number of halogens is 1. The molecule has 0 bridgehead atoms. The summed E-state index contributed by atoms with van der Waals surface area (Å²) >= 11 is 0. The van der Waals surface area contributed by atoms with E-state index in [0.717, 1.165) is 32.5 Å². The quantitative estimate of drug-likeness (QED) is 0.776. The van der Waals surface area contributed by atoms with E-state index in [1.165, 1.54) is 24.5 Å². The monoisotopic (exact) mass is 395 g/mol. The lowest BCUT2D eigenvalue weighted by molar-refractivity contribution is -0.125. The van der Waals surface area contributed by atoms with Crippen LogP contribution in [0.15, 0.2) is 54.6 Å². The van der Waals surface area contributed by atoms with E-state index in [-0.39, 0.29) is 23.8 Å². The van der Waals surface area contributed by atoms with Crippen molar-refractivity contribution in [3.05, 3.63) is 71.5 Å². The summed E-state index contributed by atoms with van der Waals surface area (Å²) in [5.41, 5.74) is 1.91. The number of nitrogens with one attached hydrogen (secondary N) is 1. The Morgan fingerprint density at radius 3 is 2.48 bits per heavy atom. The van der Waals surface area contributed by atoms with Gasteiger partial charge in [0.25, 0.3) is 0 Å². The molecule has 4 nitrogen and oxygen atoms in total. The third-order valence-electron chi connectivity index (χ3n) is 6.23. The van der Waals surface area contributed by atoms with Gasteiger partial charge in [0.1, 0.15) is 5.82 Å². The van der Waals surface area contributed by atoms with Crippen molar-refractivity contribution in [2.45, 2.75) is 44.3 Å². The zero-order chi connectivity index (χ0) is 20.1. The highest BCUT2D eigenvalue weighted by Gasteiger charge is 2.32. The smallest absolute Gasteiger partial charge is 0.237 e. The molecular formula is C24H30FN3O. The van der Waals surface area contributed by atoms with Crippen LogP contribution in [0.2, 0.25) is 0 Å². The standard InChI is InChI=1S/C24H30FN3O/c25-21-12-5-4-11-20(21)18-28-16-8-13-22(28)24(29)26-17-23(27-14-6-7-15-27)19-9-2-1-3-10-19/h1-5,9-12,22-23H,6-8,13-18H2,(H,26,29). The van der Waals surface area contributed by atoms with Crippen molar-refractivity contribution >= 4 is 5.91 Å². The van der Waals surface area contributed by atoms with E-state index in [2.05, 4.69) is 39.4 Å². The van der Waals surface area contributed by atoms with Crippen molar-refractivity contribution in [3.63, 3.8) is 0 Å². The van der Waals surface area contributed by atoms with E-state index in [1.807, 2.05) is 12.1 Å². The van der Waals surface area contributed by atoms with Gasteiger partial charge >= 0.3 is 0 Å². The van der Waals surface area contributed by atoms with Gasteiger partial charge in [-0.3, -0.25) is 14.6 Å². The fraction of sp³-hybridized carbons (Fsp3) is 0.458. The van der Waals surface area contributed by atoms with Gasteiger partial charge in [-0.15, -0.1) is 0 Å². The van der Waals surface area contributed by atoms with Crippen LogP contribution in [0.25, 0.3) is 0 Å². The summed E-state index contributed by atoms with van der Waals surface area (Å²) in [7, 11) is 0. The normalized spacial score (nSPS) is 21.3. The highest BCUT2D eigenvalue weighted by molar-refractivity contribution is 5.82. The molecule has 0 radical (unpaired) electrons. The van der Waals surface area contributed by atoms with Crippen LogP contribution in [0.3, 0.4) is 0 Å². The van der Waals surface area contributed by atoms with Crippen LogP contribution in [0.4, 0.5) is 4.39 Å². The minimum absolute atomic E-state index is 0.0685. The Labute approximate surface area is 172 Å². The summed E-state index contributed by atoms with van der Waals surface area (Å²) in [4.78, 5) is 17.6. The van der Waals surface area contributed by atoms with Gasteiger partial charge in [-0.25, -0.2) is 4.39 Å². The lowest BCUT2D eigenvalue weighted by atomic mass is 10.1. The van der Waals surface area contributed by atoms with E-state index in [9.17, 15) is 9.18 Å². The Morgan fingerprint density at radius 1 is 1.00 bits per heavy atom. The number of benzene rings is 2. The molecule has 2 aliphatic rings. The first kappa shape index (κ1) is 20.0. The van der Waals surface area contributed by atoms with E-state index < -0.39 is 0 Å². The van der Waals surface area contributed by atoms with Gasteiger partial charge in [-0.1, -0.05) is 48.5 Å². The highest BCUT2D eigenvalue weighted by atomic mass is 19.1. The van der Waals surface area contributed by atoms with Crippen LogP contribution in [-0.2, 0) is 11.3 Å². The van der Waals surface area contributed by atoms with E-state index in [1.54, 1.807) is 12.1 Å². The second-order valence-electron chi connectivity index (χ2n) is 8.13. The van der Waals surface area contributed by atoms with Gasteiger partial charge < -0.3 is 5.32 Å². The average molecular weight is 396 g/mol. The minimum Gasteiger partial charge on any atom is -0.353 e. The summed E-state index contributed by atoms with van der Waals surface area (Å²) < 4.78 is 14.1. The van der Waals surface area contributed by atoms with Gasteiger partial charge in [-0.2, -0.15) is 0 Å². The van der Waals surface area contributed by atoms with Crippen molar-refractivity contribution < 1.29 is 9.18 Å². The Kier molecular flexibility index (Phi) is 6.57. The molecular weight excluding hydrogens is 365 g/mol. The second kappa shape index (κ2) is 9.51. The molecule has 2 heterocycles. The lowest BCUT2D eigenvalue weighted by Gasteiger charge is -2.30. The fourth-order valence-corrected chi connectivity index (χ4v) is 4.66. The first-order valence-electron chi connectivity index (χ1n) is 10.8. The van der Waals surface area contributed by atoms with Crippen molar-refractivity contribution in [2.24, 2.45) is 0 Å². The van der Waals surface area contributed by atoms with Gasteiger partial charge in [0, 0.05) is 18.7 Å². The highest BCUT2D eigenvalue weighted by Crippen LogP contribution is 2.25. The Bertz CT molecular complexity index is 807. The number of rotatable bonds is 7. The van der Waals surface area contributed by atoms with E-state index in [4.69, 9.17) is 0 Å². The maximum Gasteiger partial charge on any atom is 0.237 e. The van der Waals surface area contributed by atoms with E-state index >= 15 is 0 Å². The van der Waals surface area contributed by atoms with Crippen LogP contribution >= 0.6 is 0 Å². The average Bonchev–Trinajstić information content (AvgIpc) is 3.43. The summed E-state index contributed by atoms with van der Waals surface area (Å²) in [5, 5.41) is 3.21. The number of carbonyl (C=O) groups is 1. The molecule has 2 aromatic rings. The van der Waals surface area contributed by atoms with E-state index in [0.29, 0.717) is 18.7 Å². The van der Waals surface area contributed by atoms with Crippen LogP contribution in [-0.4, -0.2) is 47.9 Å². The predicted molar refractivity (Wildman–Crippen MR) is 113 cm³/mol. The van der Waals surface area contributed by atoms with Crippen molar-refractivity contribution in [2.75, 3.05) is 26.2 Å². The van der Waals surface area contributed by atoms with Gasteiger partial charge in [0.2, 0.25) is 5.91 Å². The topological polar surface area (TPSA) is 35.6 Å². The summed E-state index contributed by atoms with van der Waals surface area (Å²) in [6.07, 6.45) is 4.24. The third-order valence-corrected chi connectivity index (χ3v) is 6.23. The van der Waals surface area contributed by atoms with Crippen LogP contribution in [0, 0.1) is 5.82 Å². The van der Waals surface area contributed by atoms with Crippen LogP contribution < -0.4 is 5.32 Å². The molecule has 5 heteroatoms. The molecule has 0 spiro atoms. The molecule has 2 fully saturated rings. The first-order chi connectivity index (χ1) is 14.2. The molecule has 4 rings (SSSR count). The second-order valence-corrected chi connectivity index (χ2v) is 8.13. The Morgan fingerprint density at radius 2 is 1.72 bits per heavy atom. The summed E-state index contributed by atoms with van der Waals surface area (Å²) in [6, 6.07) is 17.3. The maximum atomic E-state index is 14.1. The summed E-state index contributed by atoms with van der Waals surface area (Å²) in [5.74, 6) is -0.129. The SMILES string of the molecule is O=C(NCC(c1ccccc1)N1CCCC1)C1CCCN1Cc1ccccc1F. The molecule has 0 saturated carbocycles. The van der Waals surface area contributed by atoms with Crippen LogP contribution in [0.1, 0.15) is 42.9 Å². The number of likely N-dealkylation sites (tertiary alicyclic amines) is 2. The summed E-state index contributed by atoms with van der Waals surface area (Å²) in [6.45, 7) is 4.10. The molecule has 2 unspecified atom stereocenters. The predicted octanol–water partition coefficient (Wildman–Crippen LogP) is 3.74. The molecule has 0 aliphatic carbocycles. The third kappa shape index (κ3) is 4.85. The Balaban J connectivity index is 1.40. The number of carbonyl (C=O) groups excluding carboxylic acids is 1. The number of hydrogen-bond donors (Lipinski definition) is 1. The zero-order valence-electron chi connectivity index (χ0n) is 16.9. The maximum absolute atomic E-state index is 14.1. The van der Waals surface area contributed by atoms with Crippen LogP contribution in [0.5, 0.6) is 0 Å². The fourth-order valence-electron chi connectivity index (χ4n) is 4.66. The van der Waals surface area contributed by atoms with Crippen molar-refractivity contribution in [1.29, 1.82) is 0 Å². The van der Waals surface area contributed by atoms with Gasteiger partial charge in [0.15, 0.2) is 0 Å². The molecule has 2 aliphatic heterocycles. The molecule has 154 valence electrons. The molecule has 2 atom stereocenters. The zero-order valence-corrected chi connectivity index (χ0v) is 16.9. The molecule has 1 N–H and O–H groups in total. The molecule has 1 amide bonds. The minimum atomic E-state index is -0.197. The largest absolute Gasteiger partial charge is 0.353 e. The molecule has 29 heavy (non-hydrogen) atoms. The van der Waals surface area contributed by atoms with Gasteiger partial charge in [-0.05, 0) is 56.9 Å². The number of hydrogen-bond acceptors (Lipinski definition) is 3. The van der Waals surface area contributed by atoms with Crippen molar-refractivity contribution in [3.8, 4) is 0 Å². The number of nitrogens with zero attached hydrogens (tertiary/aromatic N) is 2. The molecule has 2 saturated heterocycles. The van der Waals surface area contributed by atoms with Crippen molar-refractivity contribution in [1.82, 2.24) is 15.1 Å². The molecule has 0 aromatic heterocycles. The van der Waals surface area contributed by atoms with Gasteiger partial charge in [0.05, 0.1) is 12.1 Å². The molecule has 2 aromatic carbocycles.